The molecule has 2 rings (SSSR count). The lowest BCUT2D eigenvalue weighted by molar-refractivity contribution is -0.384. The number of amides is 2. The number of hydrogen-bond acceptors (Lipinski definition) is 4. The van der Waals surface area contributed by atoms with Crippen molar-refractivity contribution >= 4 is 34.8 Å². The van der Waals surface area contributed by atoms with Crippen LogP contribution in [-0.2, 0) is 9.59 Å². The number of nitro benzene ring substituents is 1. The highest BCUT2D eigenvalue weighted by atomic mass is 35.5. The molecule has 1 fully saturated rings. The highest BCUT2D eigenvalue weighted by Crippen LogP contribution is 2.27. The largest absolute Gasteiger partial charge is 0.332 e. The van der Waals surface area contributed by atoms with E-state index >= 15 is 0 Å². The molecular formula is C14H16ClN3O4. The number of carbonyl (C=O) groups is 2. The van der Waals surface area contributed by atoms with Crippen molar-refractivity contribution in [1.82, 2.24) is 4.90 Å². The zero-order chi connectivity index (χ0) is 16.3. The van der Waals surface area contributed by atoms with Gasteiger partial charge in [0.2, 0.25) is 0 Å². The van der Waals surface area contributed by atoms with E-state index in [0.29, 0.717) is 6.54 Å². The Bertz CT molecular complexity index is 620. The van der Waals surface area contributed by atoms with Crippen molar-refractivity contribution in [2.24, 2.45) is 0 Å². The number of nitrogens with one attached hydrogen (secondary N) is 1. The highest BCUT2D eigenvalue weighted by molar-refractivity contribution is 6.39. The molecule has 2 amide bonds. The second-order valence-corrected chi connectivity index (χ2v) is 5.63. The third kappa shape index (κ3) is 3.54. The average molecular weight is 326 g/mol. The van der Waals surface area contributed by atoms with Gasteiger partial charge in [-0.15, -0.1) is 0 Å². The van der Waals surface area contributed by atoms with Crippen LogP contribution in [-0.4, -0.2) is 34.2 Å². The van der Waals surface area contributed by atoms with E-state index in [1.807, 2.05) is 6.92 Å². The SMILES string of the molecule is CC1CCCCN1C(=O)C(=O)Nc1ccc(Cl)c([N+](=O)[O-])c1. The fourth-order valence-corrected chi connectivity index (χ4v) is 2.63. The van der Waals surface area contributed by atoms with Gasteiger partial charge < -0.3 is 10.2 Å². The summed E-state index contributed by atoms with van der Waals surface area (Å²) in [5.74, 6) is -1.42. The van der Waals surface area contributed by atoms with E-state index in [2.05, 4.69) is 5.32 Å². The molecule has 7 nitrogen and oxygen atoms in total. The first-order valence-electron chi connectivity index (χ1n) is 6.96. The van der Waals surface area contributed by atoms with Crippen molar-refractivity contribution in [2.45, 2.75) is 32.2 Å². The maximum absolute atomic E-state index is 12.2. The van der Waals surface area contributed by atoms with Crippen LogP contribution in [0.4, 0.5) is 11.4 Å². The van der Waals surface area contributed by atoms with Crippen molar-refractivity contribution in [1.29, 1.82) is 0 Å². The third-order valence-corrected chi connectivity index (χ3v) is 3.98. The predicted molar refractivity (Wildman–Crippen MR) is 81.8 cm³/mol. The number of anilines is 1. The summed E-state index contributed by atoms with van der Waals surface area (Å²) in [6, 6.07) is 3.88. The van der Waals surface area contributed by atoms with Gasteiger partial charge in [-0.2, -0.15) is 0 Å². The van der Waals surface area contributed by atoms with Gasteiger partial charge in [0.05, 0.1) is 4.92 Å². The smallest absolute Gasteiger partial charge is 0.313 e. The van der Waals surface area contributed by atoms with Crippen molar-refractivity contribution in [2.75, 3.05) is 11.9 Å². The van der Waals surface area contributed by atoms with Crippen molar-refractivity contribution in [3.05, 3.63) is 33.3 Å². The fraction of sp³-hybridized carbons (Fsp3) is 0.429. The minimum absolute atomic E-state index is 0.0200. The molecule has 118 valence electrons. The van der Waals surface area contributed by atoms with Crippen LogP contribution in [0.15, 0.2) is 18.2 Å². The van der Waals surface area contributed by atoms with Gasteiger partial charge in [0.25, 0.3) is 5.69 Å². The topological polar surface area (TPSA) is 92.6 Å². The molecule has 0 bridgehead atoms. The first kappa shape index (κ1) is 16.2. The van der Waals surface area contributed by atoms with E-state index < -0.39 is 16.7 Å². The summed E-state index contributed by atoms with van der Waals surface area (Å²) in [7, 11) is 0. The first-order valence-corrected chi connectivity index (χ1v) is 7.34. The number of piperidine rings is 1. The van der Waals surface area contributed by atoms with Crippen LogP contribution >= 0.6 is 11.6 Å². The van der Waals surface area contributed by atoms with Gasteiger partial charge >= 0.3 is 11.8 Å². The molecule has 0 aliphatic carbocycles. The van der Waals surface area contributed by atoms with Gasteiger partial charge in [-0.3, -0.25) is 19.7 Å². The van der Waals surface area contributed by atoms with Crippen LogP contribution in [0.25, 0.3) is 0 Å². The zero-order valence-corrected chi connectivity index (χ0v) is 12.8. The summed E-state index contributed by atoms with van der Waals surface area (Å²) >= 11 is 5.70. The molecule has 0 aromatic heterocycles. The van der Waals surface area contributed by atoms with Crippen LogP contribution in [0.2, 0.25) is 5.02 Å². The summed E-state index contributed by atoms with van der Waals surface area (Å²) in [6.07, 6.45) is 2.77. The maximum atomic E-state index is 12.2. The zero-order valence-electron chi connectivity index (χ0n) is 12.0. The Hall–Kier alpha value is -2.15. The molecule has 1 saturated heterocycles. The molecule has 1 aromatic carbocycles. The molecule has 0 radical (unpaired) electrons. The van der Waals surface area contributed by atoms with E-state index in [9.17, 15) is 19.7 Å². The average Bonchev–Trinajstić information content (AvgIpc) is 2.48. The lowest BCUT2D eigenvalue weighted by Gasteiger charge is -2.32. The van der Waals surface area contributed by atoms with Gasteiger partial charge in [0.15, 0.2) is 0 Å². The standard InChI is InChI=1S/C14H16ClN3O4/c1-9-4-2-3-7-17(9)14(20)13(19)16-10-5-6-11(15)12(8-10)18(21)22/h5-6,8-9H,2-4,7H2,1H3,(H,16,19). The molecule has 8 heteroatoms. The van der Waals surface area contributed by atoms with Crippen LogP contribution < -0.4 is 5.32 Å². The normalized spacial score (nSPS) is 17.9. The highest BCUT2D eigenvalue weighted by Gasteiger charge is 2.28. The van der Waals surface area contributed by atoms with Gasteiger partial charge in [0.1, 0.15) is 5.02 Å². The molecule has 1 N–H and O–H groups in total. The molecule has 1 heterocycles. The number of hydrogen-bond donors (Lipinski definition) is 1. The van der Waals surface area contributed by atoms with Gasteiger partial charge in [-0.05, 0) is 38.3 Å². The van der Waals surface area contributed by atoms with Crippen LogP contribution in [0.5, 0.6) is 0 Å². The molecule has 1 aliphatic heterocycles. The maximum Gasteiger partial charge on any atom is 0.313 e. The van der Waals surface area contributed by atoms with Crippen molar-refractivity contribution in [3.63, 3.8) is 0 Å². The number of nitrogens with zero attached hydrogens (tertiary/aromatic N) is 2. The lowest BCUT2D eigenvalue weighted by Crippen LogP contribution is -2.47. The van der Waals surface area contributed by atoms with Crippen molar-refractivity contribution < 1.29 is 14.5 Å². The Morgan fingerprint density at radius 1 is 1.41 bits per heavy atom. The van der Waals surface area contributed by atoms with Gasteiger partial charge in [0, 0.05) is 24.3 Å². The van der Waals surface area contributed by atoms with Gasteiger partial charge in [-0.25, -0.2) is 0 Å². The Balaban J connectivity index is 2.10. The Kier molecular flexibility index (Phi) is 4.97. The number of rotatable bonds is 2. The third-order valence-electron chi connectivity index (χ3n) is 3.66. The number of likely N-dealkylation sites (tertiary alicyclic amines) is 1. The minimum atomic E-state index is -0.801. The van der Waals surface area contributed by atoms with E-state index in [1.54, 1.807) is 0 Å². The van der Waals surface area contributed by atoms with Crippen molar-refractivity contribution in [3.8, 4) is 0 Å². The Labute approximate surface area is 132 Å². The Morgan fingerprint density at radius 3 is 2.77 bits per heavy atom. The number of halogens is 1. The fourth-order valence-electron chi connectivity index (χ4n) is 2.45. The quantitative estimate of drug-likeness (QED) is 0.514. The Morgan fingerprint density at radius 2 is 2.14 bits per heavy atom. The molecule has 1 aromatic rings. The summed E-state index contributed by atoms with van der Waals surface area (Å²) in [6.45, 7) is 2.45. The number of benzene rings is 1. The van der Waals surface area contributed by atoms with Crippen LogP contribution in [0, 0.1) is 10.1 Å². The predicted octanol–water partition coefficient (Wildman–Crippen LogP) is 2.59. The molecule has 0 saturated carbocycles. The summed E-state index contributed by atoms with van der Waals surface area (Å²) < 4.78 is 0. The monoisotopic (exact) mass is 325 g/mol. The van der Waals surface area contributed by atoms with E-state index in [-0.39, 0.29) is 22.4 Å². The molecule has 0 spiro atoms. The van der Waals surface area contributed by atoms with Crippen LogP contribution in [0.3, 0.4) is 0 Å². The second-order valence-electron chi connectivity index (χ2n) is 5.22. The summed E-state index contributed by atoms with van der Waals surface area (Å²) in [5, 5.41) is 13.2. The molecule has 22 heavy (non-hydrogen) atoms. The number of nitro groups is 1. The summed E-state index contributed by atoms with van der Waals surface area (Å²) in [4.78, 5) is 35.9. The van der Waals surface area contributed by atoms with Gasteiger partial charge in [-0.1, -0.05) is 11.6 Å². The molecule has 1 unspecified atom stereocenters. The lowest BCUT2D eigenvalue weighted by atomic mass is 10.0. The first-order chi connectivity index (χ1) is 10.4. The minimum Gasteiger partial charge on any atom is -0.332 e. The van der Waals surface area contributed by atoms with Crippen LogP contribution in [0.1, 0.15) is 26.2 Å². The van der Waals surface area contributed by atoms with E-state index in [4.69, 9.17) is 11.6 Å². The molecular weight excluding hydrogens is 310 g/mol. The molecule has 1 atom stereocenters. The molecule has 1 aliphatic rings. The van der Waals surface area contributed by atoms with E-state index in [1.165, 1.54) is 17.0 Å². The van der Waals surface area contributed by atoms with E-state index in [0.717, 1.165) is 25.3 Å². The second kappa shape index (κ2) is 6.74. The summed E-state index contributed by atoms with van der Waals surface area (Å²) in [5.41, 5.74) is -0.155. The number of carbonyl (C=O) groups excluding carboxylic acids is 2.